The Hall–Kier alpha value is -2.08. The molecule has 1 N–H and O–H groups in total. The van der Waals surface area contributed by atoms with Crippen LogP contribution in [0, 0.1) is 0 Å². The van der Waals surface area contributed by atoms with Crippen molar-refractivity contribution in [3.05, 3.63) is 30.3 Å². The number of para-hydroxylation sites is 1. The molecule has 0 aromatic heterocycles. The molecular weight excluding hydrogens is 274 g/mol. The van der Waals surface area contributed by atoms with Crippen LogP contribution in [0.1, 0.15) is 13.8 Å². The lowest BCUT2D eigenvalue weighted by atomic mass is 10.0. The van der Waals surface area contributed by atoms with Gasteiger partial charge in [-0.05, 0) is 26.0 Å². The normalized spacial score (nSPS) is 11.0. The quantitative estimate of drug-likeness (QED) is 0.734. The lowest BCUT2D eigenvalue weighted by Crippen LogP contribution is -2.51. The largest absolute Gasteiger partial charge is 0.491 e. The van der Waals surface area contributed by atoms with E-state index < -0.39 is 11.5 Å². The Balaban J connectivity index is 2.26. The van der Waals surface area contributed by atoms with E-state index in [-0.39, 0.29) is 19.1 Å². The summed E-state index contributed by atoms with van der Waals surface area (Å²) >= 11 is 0. The number of carbonyl (C=O) groups is 2. The number of aliphatic carboxylic acids is 1. The molecule has 0 saturated carbocycles. The average Bonchev–Trinajstić information content (AvgIpc) is 2.46. The lowest BCUT2D eigenvalue weighted by molar-refractivity contribution is -0.157. The van der Waals surface area contributed by atoms with Gasteiger partial charge in [0, 0.05) is 7.05 Å². The monoisotopic (exact) mass is 295 g/mol. The molecule has 6 nitrogen and oxygen atoms in total. The third-order valence-electron chi connectivity index (χ3n) is 3.20. The number of likely N-dealkylation sites (N-methyl/N-ethyl adjacent to an activating group) is 1. The summed E-state index contributed by atoms with van der Waals surface area (Å²) in [6.07, 6.45) is 0. The third-order valence-corrected chi connectivity index (χ3v) is 3.20. The molecule has 0 atom stereocenters. The van der Waals surface area contributed by atoms with Crippen molar-refractivity contribution in [3.8, 4) is 5.75 Å². The van der Waals surface area contributed by atoms with Crippen LogP contribution < -0.4 is 4.74 Å². The minimum absolute atomic E-state index is 0.175. The van der Waals surface area contributed by atoms with Crippen molar-refractivity contribution in [2.75, 3.05) is 26.9 Å². The van der Waals surface area contributed by atoms with E-state index >= 15 is 0 Å². The predicted molar refractivity (Wildman–Crippen MR) is 77.2 cm³/mol. The highest BCUT2D eigenvalue weighted by molar-refractivity contribution is 5.86. The van der Waals surface area contributed by atoms with Crippen LogP contribution in [-0.4, -0.2) is 54.3 Å². The van der Waals surface area contributed by atoms with Crippen LogP contribution in [0.4, 0.5) is 0 Å². The van der Waals surface area contributed by atoms with Gasteiger partial charge in [0.25, 0.3) is 0 Å². The molecule has 6 heteroatoms. The van der Waals surface area contributed by atoms with Crippen LogP contribution in [0.15, 0.2) is 30.3 Å². The Bertz CT molecular complexity index is 472. The Morgan fingerprint density at radius 1 is 1.19 bits per heavy atom. The summed E-state index contributed by atoms with van der Waals surface area (Å²) in [7, 11) is 1.44. The Morgan fingerprint density at radius 3 is 2.38 bits per heavy atom. The van der Waals surface area contributed by atoms with Crippen LogP contribution >= 0.6 is 0 Å². The van der Waals surface area contributed by atoms with E-state index in [0.717, 1.165) is 10.6 Å². The summed E-state index contributed by atoms with van der Waals surface area (Å²) in [6, 6.07) is 9.27. The van der Waals surface area contributed by atoms with Crippen molar-refractivity contribution in [3.63, 3.8) is 0 Å². The van der Waals surface area contributed by atoms with Crippen molar-refractivity contribution in [1.82, 2.24) is 4.90 Å². The fourth-order valence-electron chi connectivity index (χ4n) is 1.45. The van der Waals surface area contributed by atoms with Gasteiger partial charge in [-0.1, -0.05) is 18.2 Å². The first-order valence-electron chi connectivity index (χ1n) is 6.61. The second-order valence-electron chi connectivity index (χ2n) is 5.03. The van der Waals surface area contributed by atoms with Crippen molar-refractivity contribution < 1.29 is 24.2 Å². The van der Waals surface area contributed by atoms with Crippen LogP contribution in [0.2, 0.25) is 0 Å². The molecule has 0 heterocycles. The van der Waals surface area contributed by atoms with Crippen molar-refractivity contribution in [1.29, 1.82) is 0 Å². The van der Waals surface area contributed by atoms with E-state index in [1.54, 1.807) is 0 Å². The molecule has 0 aliphatic rings. The number of hydrogen-bond donors (Lipinski definition) is 1. The first-order chi connectivity index (χ1) is 9.85. The van der Waals surface area contributed by atoms with Gasteiger partial charge in [-0.15, -0.1) is 0 Å². The number of rotatable bonds is 8. The fraction of sp³-hybridized carbons (Fsp3) is 0.467. The van der Waals surface area contributed by atoms with Gasteiger partial charge in [0.15, 0.2) is 0 Å². The lowest BCUT2D eigenvalue weighted by Gasteiger charge is -2.31. The van der Waals surface area contributed by atoms with Gasteiger partial charge in [-0.2, -0.15) is 0 Å². The van der Waals surface area contributed by atoms with Gasteiger partial charge in [0.2, 0.25) is 5.91 Å². The van der Waals surface area contributed by atoms with Crippen LogP contribution in [0.5, 0.6) is 5.75 Å². The van der Waals surface area contributed by atoms with E-state index in [2.05, 4.69) is 0 Å². The second-order valence-corrected chi connectivity index (χ2v) is 5.03. The number of carboxylic acid groups (broad SMARTS) is 1. The average molecular weight is 295 g/mol. The Morgan fingerprint density at radius 2 is 1.81 bits per heavy atom. The van der Waals surface area contributed by atoms with Crippen LogP contribution in [-0.2, 0) is 14.3 Å². The van der Waals surface area contributed by atoms with Crippen molar-refractivity contribution in [2.45, 2.75) is 19.4 Å². The third kappa shape index (κ3) is 5.07. The highest BCUT2D eigenvalue weighted by Gasteiger charge is 2.34. The summed E-state index contributed by atoms with van der Waals surface area (Å²) in [5.41, 5.74) is -1.26. The zero-order valence-corrected chi connectivity index (χ0v) is 12.5. The first-order valence-corrected chi connectivity index (χ1v) is 6.61. The molecule has 0 saturated heterocycles. The van der Waals surface area contributed by atoms with Crippen LogP contribution in [0.25, 0.3) is 0 Å². The first kappa shape index (κ1) is 17.0. The molecule has 0 unspecified atom stereocenters. The number of amides is 1. The highest BCUT2D eigenvalue weighted by atomic mass is 16.5. The molecule has 0 fully saturated rings. The number of carboxylic acids is 1. The standard InChI is InChI=1S/C15H21NO5/c1-15(2,14(18)19)16(3)13(17)11-20-9-10-21-12-7-5-4-6-8-12/h4-8H,9-11H2,1-3H3,(H,18,19). The molecule has 0 spiro atoms. The Kier molecular flexibility index (Phi) is 6.17. The van der Waals surface area contributed by atoms with Gasteiger partial charge < -0.3 is 19.5 Å². The number of hydrogen-bond acceptors (Lipinski definition) is 4. The molecule has 1 aromatic rings. The maximum Gasteiger partial charge on any atom is 0.329 e. The van der Waals surface area contributed by atoms with Gasteiger partial charge in [0.1, 0.15) is 24.5 Å². The molecule has 0 radical (unpaired) electrons. The van der Waals surface area contributed by atoms with E-state index in [0.29, 0.717) is 6.61 Å². The number of ether oxygens (including phenoxy) is 2. The summed E-state index contributed by atoms with van der Waals surface area (Å²) in [6.45, 7) is 3.33. The van der Waals surface area contributed by atoms with Gasteiger partial charge in [0.05, 0.1) is 6.61 Å². The smallest absolute Gasteiger partial charge is 0.329 e. The minimum atomic E-state index is -1.26. The van der Waals surface area contributed by atoms with E-state index in [1.807, 2.05) is 30.3 Å². The minimum Gasteiger partial charge on any atom is -0.491 e. The van der Waals surface area contributed by atoms with Crippen molar-refractivity contribution in [2.24, 2.45) is 0 Å². The topological polar surface area (TPSA) is 76.1 Å². The van der Waals surface area contributed by atoms with Gasteiger partial charge in [-0.3, -0.25) is 4.79 Å². The molecule has 1 aromatic carbocycles. The summed E-state index contributed by atoms with van der Waals surface area (Å²) in [5.74, 6) is -0.718. The molecular formula is C15H21NO5. The molecule has 1 rings (SSSR count). The maximum absolute atomic E-state index is 11.8. The number of benzene rings is 1. The maximum atomic E-state index is 11.8. The van der Waals surface area contributed by atoms with Gasteiger partial charge >= 0.3 is 5.97 Å². The van der Waals surface area contributed by atoms with Crippen molar-refractivity contribution >= 4 is 11.9 Å². The summed E-state index contributed by atoms with van der Waals surface area (Å²) in [5, 5.41) is 9.04. The molecule has 21 heavy (non-hydrogen) atoms. The Labute approximate surface area is 124 Å². The highest BCUT2D eigenvalue weighted by Crippen LogP contribution is 2.12. The molecule has 0 aliphatic carbocycles. The van der Waals surface area contributed by atoms with Crippen LogP contribution in [0.3, 0.4) is 0 Å². The van der Waals surface area contributed by atoms with E-state index in [4.69, 9.17) is 14.6 Å². The molecule has 0 bridgehead atoms. The van der Waals surface area contributed by atoms with E-state index in [9.17, 15) is 9.59 Å². The summed E-state index contributed by atoms with van der Waals surface area (Å²) < 4.78 is 10.6. The SMILES string of the molecule is CN(C(=O)COCCOc1ccccc1)C(C)(C)C(=O)O. The number of carbonyl (C=O) groups excluding carboxylic acids is 1. The summed E-state index contributed by atoms with van der Waals surface area (Å²) in [4.78, 5) is 24.0. The second kappa shape index (κ2) is 7.64. The zero-order valence-electron chi connectivity index (χ0n) is 12.5. The molecule has 1 amide bonds. The zero-order chi connectivity index (χ0) is 15.9. The van der Waals surface area contributed by atoms with Gasteiger partial charge in [-0.25, -0.2) is 4.79 Å². The number of nitrogens with zero attached hydrogens (tertiary/aromatic N) is 1. The molecule has 116 valence electrons. The fourth-order valence-corrected chi connectivity index (χ4v) is 1.45. The van der Waals surface area contributed by atoms with E-state index in [1.165, 1.54) is 20.9 Å². The predicted octanol–water partition coefficient (Wildman–Crippen LogP) is 1.40. The molecule has 0 aliphatic heterocycles.